The minimum Gasteiger partial charge on any atom is -0.366 e. The number of amides is 1. The summed E-state index contributed by atoms with van der Waals surface area (Å²) < 4.78 is 14.3. The Morgan fingerprint density at radius 1 is 1.04 bits per heavy atom. The largest absolute Gasteiger partial charge is 0.366 e. The number of benzene rings is 2. The summed E-state index contributed by atoms with van der Waals surface area (Å²) in [5.41, 5.74) is 7.37. The SMILES string of the molecule is NC(=O)c1cccc(-c2ccc(NC3(c4ccccc4F)CCC3)nn2)c1. The number of primary amides is 1. The molecule has 3 N–H and O–H groups in total. The summed E-state index contributed by atoms with van der Waals surface area (Å²) in [5, 5.41) is 11.9. The van der Waals surface area contributed by atoms with Crippen LogP contribution in [0.25, 0.3) is 11.3 Å². The first kappa shape index (κ1) is 17.1. The number of carbonyl (C=O) groups excluding carboxylic acids is 1. The van der Waals surface area contributed by atoms with E-state index < -0.39 is 11.4 Å². The van der Waals surface area contributed by atoms with Gasteiger partial charge in [-0.2, -0.15) is 0 Å². The van der Waals surface area contributed by atoms with E-state index in [0.29, 0.717) is 22.6 Å². The summed E-state index contributed by atoms with van der Waals surface area (Å²) in [6.07, 6.45) is 2.72. The number of hydrogen-bond donors (Lipinski definition) is 2. The second-order valence-corrected chi connectivity index (χ2v) is 6.79. The summed E-state index contributed by atoms with van der Waals surface area (Å²) in [6, 6.07) is 17.4. The van der Waals surface area contributed by atoms with E-state index in [1.54, 1.807) is 24.3 Å². The van der Waals surface area contributed by atoms with Crippen LogP contribution in [-0.2, 0) is 5.54 Å². The predicted molar refractivity (Wildman–Crippen MR) is 102 cm³/mol. The van der Waals surface area contributed by atoms with E-state index >= 15 is 0 Å². The van der Waals surface area contributed by atoms with Gasteiger partial charge in [-0.25, -0.2) is 4.39 Å². The number of hydrogen-bond acceptors (Lipinski definition) is 4. The van der Waals surface area contributed by atoms with Crippen molar-refractivity contribution in [1.82, 2.24) is 10.2 Å². The predicted octanol–water partition coefficient (Wildman–Crippen LogP) is 3.87. The highest BCUT2D eigenvalue weighted by Gasteiger charge is 2.40. The highest BCUT2D eigenvalue weighted by atomic mass is 19.1. The van der Waals surface area contributed by atoms with E-state index in [9.17, 15) is 9.18 Å². The van der Waals surface area contributed by atoms with Gasteiger partial charge in [0.1, 0.15) is 11.6 Å². The molecule has 1 aliphatic carbocycles. The Hall–Kier alpha value is -3.28. The van der Waals surface area contributed by atoms with Crippen LogP contribution in [0, 0.1) is 5.82 Å². The number of halogens is 1. The van der Waals surface area contributed by atoms with E-state index in [4.69, 9.17) is 5.73 Å². The fourth-order valence-electron chi connectivity index (χ4n) is 3.47. The molecule has 4 rings (SSSR count). The molecule has 1 amide bonds. The molecule has 27 heavy (non-hydrogen) atoms. The summed E-state index contributed by atoms with van der Waals surface area (Å²) in [4.78, 5) is 11.3. The van der Waals surface area contributed by atoms with E-state index in [0.717, 1.165) is 24.8 Å². The molecule has 1 aromatic heterocycles. The number of aromatic nitrogens is 2. The second kappa shape index (κ2) is 6.79. The van der Waals surface area contributed by atoms with Crippen molar-refractivity contribution in [3.8, 4) is 11.3 Å². The Balaban J connectivity index is 1.59. The van der Waals surface area contributed by atoms with Crippen LogP contribution in [0.3, 0.4) is 0 Å². The molecule has 5 nitrogen and oxygen atoms in total. The van der Waals surface area contributed by atoms with Crippen molar-refractivity contribution in [3.63, 3.8) is 0 Å². The Morgan fingerprint density at radius 2 is 1.85 bits per heavy atom. The highest BCUT2D eigenvalue weighted by molar-refractivity contribution is 5.93. The van der Waals surface area contributed by atoms with Gasteiger partial charge in [0.2, 0.25) is 5.91 Å². The van der Waals surface area contributed by atoms with Crippen LogP contribution in [0.2, 0.25) is 0 Å². The van der Waals surface area contributed by atoms with Gasteiger partial charge in [0.05, 0.1) is 11.2 Å². The van der Waals surface area contributed by atoms with Gasteiger partial charge in [0, 0.05) is 16.7 Å². The molecular formula is C21H19FN4O. The number of rotatable bonds is 5. The van der Waals surface area contributed by atoms with Gasteiger partial charge in [-0.05, 0) is 49.6 Å². The number of carbonyl (C=O) groups is 1. The molecule has 2 aromatic carbocycles. The lowest BCUT2D eigenvalue weighted by molar-refractivity contribution is 0.100. The van der Waals surface area contributed by atoms with E-state index in [1.165, 1.54) is 6.07 Å². The molecule has 0 bridgehead atoms. The van der Waals surface area contributed by atoms with Crippen LogP contribution in [-0.4, -0.2) is 16.1 Å². The van der Waals surface area contributed by atoms with Crippen LogP contribution in [0.5, 0.6) is 0 Å². The van der Waals surface area contributed by atoms with Gasteiger partial charge in [-0.1, -0.05) is 30.3 Å². The zero-order valence-electron chi connectivity index (χ0n) is 14.7. The minimum absolute atomic E-state index is 0.211. The normalized spacial score (nSPS) is 15.0. The second-order valence-electron chi connectivity index (χ2n) is 6.79. The first-order chi connectivity index (χ1) is 13.1. The zero-order chi connectivity index (χ0) is 18.9. The molecule has 0 saturated heterocycles. The van der Waals surface area contributed by atoms with Gasteiger partial charge in [-0.15, -0.1) is 10.2 Å². The first-order valence-electron chi connectivity index (χ1n) is 8.85. The summed E-state index contributed by atoms with van der Waals surface area (Å²) >= 11 is 0. The third-order valence-corrected chi connectivity index (χ3v) is 5.07. The van der Waals surface area contributed by atoms with Crippen LogP contribution >= 0.6 is 0 Å². The molecule has 1 fully saturated rings. The van der Waals surface area contributed by atoms with Crippen LogP contribution in [0.1, 0.15) is 35.2 Å². The lowest BCUT2D eigenvalue weighted by atomic mass is 9.71. The van der Waals surface area contributed by atoms with Crippen molar-refractivity contribution in [2.24, 2.45) is 5.73 Å². The average Bonchev–Trinajstić information content (AvgIpc) is 2.66. The Bertz CT molecular complexity index is 983. The Kier molecular flexibility index (Phi) is 4.32. The van der Waals surface area contributed by atoms with Crippen molar-refractivity contribution in [2.45, 2.75) is 24.8 Å². The zero-order valence-corrected chi connectivity index (χ0v) is 14.7. The maximum atomic E-state index is 14.3. The van der Waals surface area contributed by atoms with Gasteiger partial charge in [0.25, 0.3) is 0 Å². The van der Waals surface area contributed by atoms with Gasteiger partial charge in [0.15, 0.2) is 0 Å². The minimum atomic E-state index is -0.486. The molecule has 1 heterocycles. The highest BCUT2D eigenvalue weighted by Crippen LogP contribution is 2.44. The van der Waals surface area contributed by atoms with Gasteiger partial charge in [-0.3, -0.25) is 4.79 Å². The maximum absolute atomic E-state index is 14.3. The fraction of sp³-hybridized carbons (Fsp3) is 0.190. The molecule has 1 saturated carbocycles. The Morgan fingerprint density at radius 3 is 2.48 bits per heavy atom. The molecule has 0 atom stereocenters. The molecule has 6 heteroatoms. The van der Waals surface area contributed by atoms with Gasteiger partial charge >= 0.3 is 0 Å². The van der Waals surface area contributed by atoms with Crippen molar-refractivity contribution < 1.29 is 9.18 Å². The number of nitrogens with zero attached hydrogens (tertiary/aromatic N) is 2. The summed E-state index contributed by atoms with van der Waals surface area (Å²) in [6.45, 7) is 0. The number of nitrogens with two attached hydrogens (primary N) is 1. The number of nitrogens with one attached hydrogen (secondary N) is 1. The topological polar surface area (TPSA) is 80.9 Å². The van der Waals surface area contributed by atoms with E-state index in [2.05, 4.69) is 15.5 Å². The molecule has 0 unspecified atom stereocenters. The summed E-state index contributed by atoms with van der Waals surface area (Å²) in [5.74, 6) is -0.106. The average molecular weight is 362 g/mol. The lowest BCUT2D eigenvalue weighted by Crippen LogP contribution is -2.43. The molecule has 0 spiro atoms. The molecule has 0 radical (unpaired) electrons. The van der Waals surface area contributed by atoms with Crippen molar-refractivity contribution >= 4 is 11.7 Å². The Labute approximate surface area is 156 Å². The van der Waals surface area contributed by atoms with Crippen LogP contribution in [0.4, 0.5) is 10.2 Å². The molecule has 0 aliphatic heterocycles. The molecule has 3 aromatic rings. The van der Waals surface area contributed by atoms with Crippen molar-refractivity contribution in [2.75, 3.05) is 5.32 Å². The molecule has 1 aliphatic rings. The lowest BCUT2D eigenvalue weighted by Gasteiger charge is -2.43. The number of anilines is 1. The monoisotopic (exact) mass is 362 g/mol. The van der Waals surface area contributed by atoms with Crippen molar-refractivity contribution in [1.29, 1.82) is 0 Å². The quantitative estimate of drug-likeness (QED) is 0.722. The van der Waals surface area contributed by atoms with E-state index in [1.807, 2.05) is 30.3 Å². The van der Waals surface area contributed by atoms with Gasteiger partial charge < -0.3 is 11.1 Å². The standard InChI is InChI=1S/C21H19FN4O/c22-17-8-2-1-7-16(17)21(11-4-12-21)24-19-10-9-18(25-26-19)14-5-3-6-15(13-14)20(23)27/h1-3,5-10,13H,4,11-12H2,(H2,23,27)(H,24,26). The van der Waals surface area contributed by atoms with Crippen molar-refractivity contribution in [3.05, 3.63) is 77.6 Å². The van der Waals surface area contributed by atoms with Crippen LogP contribution < -0.4 is 11.1 Å². The smallest absolute Gasteiger partial charge is 0.248 e. The fourth-order valence-corrected chi connectivity index (χ4v) is 3.47. The third-order valence-electron chi connectivity index (χ3n) is 5.07. The molecule has 136 valence electrons. The third kappa shape index (κ3) is 3.26. The summed E-state index contributed by atoms with van der Waals surface area (Å²) in [7, 11) is 0. The van der Waals surface area contributed by atoms with Crippen LogP contribution in [0.15, 0.2) is 60.7 Å². The van der Waals surface area contributed by atoms with E-state index in [-0.39, 0.29) is 5.82 Å². The maximum Gasteiger partial charge on any atom is 0.248 e. The first-order valence-corrected chi connectivity index (χ1v) is 8.85. The molecular weight excluding hydrogens is 343 g/mol.